The molecule has 0 aliphatic rings. The van der Waals surface area contributed by atoms with Gasteiger partial charge in [-0.2, -0.15) is 0 Å². The van der Waals surface area contributed by atoms with Crippen LogP contribution in [0.15, 0.2) is 0 Å². The Labute approximate surface area is 309 Å². The van der Waals surface area contributed by atoms with Crippen molar-refractivity contribution < 1.29 is 38.1 Å². The molecule has 0 heterocycles. The average Bonchev–Trinajstić information content (AvgIpc) is 3.12. The third-order valence-electron chi connectivity index (χ3n) is 7.18. The normalized spacial score (nSPS) is 11.7. The van der Waals surface area contributed by atoms with Gasteiger partial charge in [-0.25, -0.2) is 0 Å². The van der Waals surface area contributed by atoms with Gasteiger partial charge in [-0.05, 0) is 51.4 Å². The van der Waals surface area contributed by atoms with Gasteiger partial charge < -0.3 is 39.6 Å². The molecule has 0 aliphatic carbocycles. The lowest BCUT2D eigenvalue weighted by Gasteiger charge is -2.11. The van der Waals surface area contributed by atoms with Crippen molar-refractivity contribution >= 4 is 17.7 Å². The van der Waals surface area contributed by atoms with Crippen LogP contribution < -0.4 is 16.0 Å². The summed E-state index contributed by atoms with van der Waals surface area (Å²) >= 11 is 0. The highest BCUT2D eigenvalue weighted by atomic mass is 16.5. The molecule has 3 N–H and O–H groups in total. The molecule has 0 saturated heterocycles. The van der Waals surface area contributed by atoms with Crippen LogP contribution in [0.5, 0.6) is 0 Å². The molecule has 11 heteroatoms. The molecule has 0 saturated carbocycles. The van der Waals surface area contributed by atoms with Crippen LogP contribution in [0, 0.1) is 17.8 Å². The summed E-state index contributed by atoms with van der Waals surface area (Å²) in [6, 6.07) is 0. The van der Waals surface area contributed by atoms with E-state index in [1.807, 2.05) is 27.7 Å². The summed E-state index contributed by atoms with van der Waals surface area (Å²) in [5, 5.41) is 8.68. The van der Waals surface area contributed by atoms with Crippen LogP contribution >= 0.6 is 0 Å². The molecule has 0 aromatic carbocycles. The lowest BCUT2D eigenvalue weighted by Crippen LogP contribution is -2.30. The Kier molecular flexibility index (Phi) is 59.4. The van der Waals surface area contributed by atoms with Crippen molar-refractivity contribution in [1.29, 1.82) is 0 Å². The Hall–Kier alpha value is -1.79. The zero-order valence-corrected chi connectivity index (χ0v) is 35.1. The molecular formula is C39H85N3O8. The molecule has 50 heavy (non-hydrogen) atoms. The molecule has 304 valence electrons. The summed E-state index contributed by atoms with van der Waals surface area (Å²) in [5.74, 6) is 0.627. The van der Waals surface area contributed by atoms with Gasteiger partial charge in [0.1, 0.15) is 0 Å². The van der Waals surface area contributed by atoms with Crippen molar-refractivity contribution in [3.05, 3.63) is 0 Å². The first-order valence-corrected chi connectivity index (χ1v) is 19.3. The molecule has 0 aromatic rings. The quantitative estimate of drug-likeness (QED) is 0.0799. The molecular weight excluding hydrogens is 638 g/mol. The maximum absolute atomic E-state index is 11.4. The van der Waals surface area contributed by atoms with Crippen molar-refractivity contribution in [2.45, 2.75) is 132 Å². The van der Waals surface area contributed by atoms with Crippen LogP contribution in [-0.2, 0) is 38.1 Å². The van der Waals surface area contributed by atoms with Crippen molar-refractivity contribution in [1.82, 2.24) is 16.0 Å². The number of carbonyl (C=O) groups is 3. The highest BCUT2D eigenvalue weighted by Gasteiger charge is 2.12. The molecule has 11 nitrogen and oxygen atoms in total. The number of nitrogens with one attached hydrogen (secondary N) is 3. The minimum Gasteiger partial charge on any atom is -0.385 e. The first-order valence-electron chi connectivity index (χ1n) is 19.3. The fourth-order valence-electron chi connectivity index (χ4n) is 3.52. The van der Waals surface area contributed by atoms with Gasteiger partial charge >= 0.3 is 0 Å². The van der Waals surface area contributed by atoms with Crippen LogP contribution in [0.25, 0.3) is 0 Å². The fraction of sp³-hybridized carbons (Fsp3) is 0.923. The number of hydrogen-bond acceptors (Lipinski definition) is 8. The highest BCUT2D eigenvalue weighted by Crippen LogP contribution is 2.03. The van der Waals surface area contributed by atoms with E-state index in [0.717, 1.165) is 84.2 Å². The second-order valence-corrected chi connectivity index (χ2v) is 12.3. The maximum Gasteiger partial charge on any atom is 0.222 e. The Balaban J connectivity index is -0.000000177. The fourth-order valence-corrected chi connectivity index (χ4v) is 3.52. The van der Waals surface area contributed by atoms with Gasteiger partial charge in [-0.1, -0.05) is 81.1 Å². The van der Waals surface area contributed by atoms with E-state index in [9.17, 15) is 14.4 Å². The predicted octanol–water partition coefficient (Wildman–Crippen LogP) is 7.20. The van der Waals surface area contributed by atoms with E-state index in [1.54, 1.807) is 35.5 Å². The summed E-state index contributed by atoms with van der Waals surface area (Å²) in [6.45, 7) is 22.5. The number of unbranched alkanes of at least 4 members (excludes halogenated alkanes) is 4. The van der Waals surface area contributed by atoms with Gasteiger partial charge in [0.05, 0.1) is 0 Å². The van der Waals surface area contributed by atoms with Crippen LogP contribution in [0.2, 0.25) is 0 Å². The Morgan fingerprint density at radius 2 is 0.740 bits per heavy atom. The zero-order valence-electron chi connectivity index (χ0n) is 35.1. The summed E-state index contributed by atoms with van der Waals surface area (Å²) < 4.78 is 24.2. The molecule has 0 radical (unpaired) electrons. The summed E-state index contributed by atoms with van der Waals surface area (Å²) in [7, 11) is 8.41. The van der Waals surface area contributed by atoms with Crippen molar-refractivity contribution in [2.24, 2.45) is 17.8 Å². The average molecular weight is 724 g/mol. The van der Waals surface area contributed by atoms with E-state index in [-0.39, 0.29) is 35.5 Å². The Morgan fingerprint density at radius 3 is 1.00 bits per heavy atom. The SMILES string of the molecule is CCCCCNC(=O)C(C)CCOC.CCCCNC(=O)C(C)CCOC.CCCCOC.CCCNC(=O)C(C)CCOC.CCCOC. The first kappa shape index (κ1) is 57.5. The molecule has 0 aliphatic heterocycles. The largest absolute Gasteiger partial charge is 0.385 e. The van der Waals surface area contributed by atoms with Crippen molar-refractivity contribution in [3.63, 3.8) is 0 Å². The number of rotatable bonds is 26. The van der Waals surface area contributed by atoms with E-state index in [1.165, 1.54) is 25.7 Å². The van der Waals surface area contributed by atoms with E-state index >= 15 is 0 Å². The van der Waals surface area contributed by atoms with E-state index in [4.69, 9.17) is 23.7 Å². The number of carbonyl (C=O) groups excluding carboxylic acids is 3. The standard InChI is InChI=1S/C11H23NO2.C10H21NO2.C9H19NO2.C5H12O.C4H10O/c1-4-5-6-8-12-11(13)10(2)7-9-14-3;1-4-5-7-11-10(12)9(2)6-8-13-3;1-4-6-10-9(11)8(2)5-7-12-3;1-3-4-5-6-2;1-3-4-5-2/h10H,4-9H2,1-3H3,(H,12,13);9H,4-8H2,1-3H3,(H,11,12);8H,4-7H2,1-3H3,(H,10,11);3-5H2,1-2H3;3-4H2,1-2H3. The zero-order chi connectivity index (χ0) is 39.3. The second kappa shape index (κ2) is 51.6. The second-order valence-electron chi connectivity index (χ2n) is 12.3. The number of ether oxygens (including phenoxy) is 5. The van der Waals surface area contributed by atoms with Crippen LogP contribution in [0.1, 0.15) is 132 Å². The molecule has 0 bridgehead atoms. The molecule has 0 rings (SSSR count). The van der Waals surface area contributed by atoms with Crippen LogP contribution in [0.4, 0.5) is 0 Å². The lowest BCUT2D eigenvalue weighted by atomic mass is 10.1. The van der Waals surface area contributed by atoms with Gasteiger partial charge in [0.2, 0.25) is 17.7 Å². The highest BCUT2D eigenvalue weighted by molar-refractivity contribution is 5.78. The number of amides is 3. The van der Waals surface area contributed by atoms with Gasteiger partial charge in [0, 0.05) is 106 Å². The predicted molar refractivity (Wildman–Crippen MR) is 210 cm³/mol. The van der Waals surface area contributed by atoms with Gasteiger partial charge in [0.25, 0.3) is 0 Å². The number of hydrogen-bond donors (Lipinski definition) is 3. The van der Waals surface area contributed by atoms with Gasteiger partial charge in [0.15, 0.2) is 0 Å². The monoisotopic (exact) mass is 724 g/mol. The smallest absolute Gasteiger partial charge is 0.222 e. The minimum atomic E-state index is 0.0662. The Bertz CT molecular complexity index is 665. The summed E-state index contributed by atoms with van der Waals surface area (Å²) in [4.78, 5) is 34.0. The van der Waals surface area contributed by atoms with E-state index < -0.39 is 0 Å². The summed E-state index contributed by atoms with van der Waals surface area (Å²) in [6.07, 6.45) is 12.6. The first-order chi connectivity index (χ1) is 24.0. The van der Waals surface area contributed by atoms with Gasteiger partial charge in [-0.15, -0.1) is 0 Å². The van der Waals surface area contributed by atoms with E-state index in [2.05, 4.69) is 43.6 Å². The third-order valence-corrected chi connectivity index (χ3v) is 7.18. The molecule has 0 fully saturated rings. The molecule has 0 aromatic heterocycles. The van der Waals surface area contributed by atoms with Crippen LogP contribution in [0.3, 0.4) is 0 Å². The lowest BCUT2D eigenvalue weighted by molar-refractivity contribution is -0.125. The minimum absolute atomic E-state index is 0.0662. The molecule has 3 atom stereocenters. The van der Waals surface area contributed by atoms with E-state index in [0.29, 0.717) is 19.8 Å². The van der Waals surface area contributed by atoms with Crippen LogP contribution in [-0.4, -0.2) is 106 Å². The van der Waals surface area contributed by atoms with Crippen molar-refractivity contribution in [3.8, 4) is 0 Å². The summed E-state index contributed by atoms with van der Waals surface area (Å²) in [5.41, 5.74) is 0. The van der Waals surface area contributed by atoms with Crippen molar-refractivity contribution in [2.75, 3.05) is 88.2 Å². The molecule has 0 spiro atoms. The third kappa shape index (κ3) is 53.0. The topological polar surface area (TPSA) is 133 Å². The molecule has 3 amide bonds. The maximum atomic E-state index is 11.4. The number of methoxy groups -OCH3 is 5. The molecule has 3 unspecified atom stereocenters. The Morgan fingerprint density at radius 1 is 0.400 bits per heavy atom. The van der Waals surface area contributed by atoms with Gasteiger partial charge in [-0.3, -0.25) is 14.4 Å².